The summed E-state index contributed by atoms with van der Waals surface area (Å²) in [6.07, 6.45) is 0. The fraction of sp³-hybridized carbons (Fsp3) is 0.0811. The molecule has 8 rings (SSSR count). The molecule has 6 aromatic carbocycles. The predicted molar refractivity (Wildman–Crippen MR) is 170 cm³/mol. The van der Waals surface area contributed by atoms with Gasteiger partial charge in [-0.15, -0.1) is 11.3 Å². The second kappa shape index (κ2) is 8.30. The monoisotopic (exact) mass is 517 g/mol. The molecule has 1 aliphatic rings. The van der Waals surface area contributed by atoms with Gasteiger partial charge in [-0.2, -0.15) is 0 Å². The van der Waals surface area contributed by atoms with E-state index in [-0.39, 0.29) is 5.41 Å². The molecule has 7 aromatic rings. The number of rotatable bonds is 3. The minimum atomic E-state index is -0.00748. The topological polar surface area (TPSA) is 12.0 Å². The predicted octanol–water partition coefficient (Wildman–Crippen LogP) is 10.9. The maximum atomic E-state index is 3.80. The molecule has 1 N–H and O–H groups in total. The molecule has 0 fully saturated rings. The molecule has 1 heterocycles. The first kappa shape index (κ1) is 22.6. The molecular formula is C37H27NS. The van der Waals surface area contributed by atoms with Gasteiger partial charge >= 0.3 is 0 Å². The Labute approximate surface area is 232 Å². The van der Waals surface area contributed by atoms with Crippen molar-refractivity contribution in [3.8, 4) is 22.3 Å². The maximum absolute atomic E-state index is 3.80. The van der Waals surface area contributed by atoms with Gasteiger partial charge in [-0.1, -0.05) is 117 Å². The van der Waals surface area contributed by atoms with Crippen LogP contribution in [-0.4, -0.2) is 0 Å². The van der Waals surface area contributed by atoms with Crippen LogP contribution in [-0.2, 0) is 5.41 Å². The van der Waals surface area contributed by atoms with Crippen molar-refractivity contribution < 1.29 is 0 Å². The van der Waals surface area contributed by atoms with Gasteiger partial charge in [-0.25, -0.2) is 0 Å². The summed E-state index contributed by atoms with van der Waals surface area (Å²) < 4.78 is 2.71. The number of anilines is 2. The molecule has 186 valence electrons. The van der Waals surface area contributed by atoms with Crippen molar-refractivity contribution in [1.82, 2.24) is 0 Å². The van der Waals surface area contributed by atoms with Gasteiger partial charge in [0.2, 0.25) is 0 Å². The number of thiophene rings is 1. The second-order valence-electron chi connectivity index (χ2n) is 11.1. The standard InChI is InChI=1S/C37H27NS/c1-37(2)31-17-6-5-14-30(31)34-32(37)18-9-19-33(34)38-25-12-7-11-24(22-25)27-15-8-16-28-29-21-20-23-10-3-4-13-26(23)35(29)39-36(27)28/h3-22,38H,1-2H3. The van der Waals surface area contributed by atoms with Gasteiger partial charge in [-0.3, -0.25) is 0 Å². The lowest BCUT2D eigenvalue weighted by atomic mass is 9.82. The van der Waals surface area contributed by atoms with Crippen LogP contribution in [0.4, 0.5) is 11.4 Å². The van der Waals surface area contributed by atoms with Crippen molar-refractivity contribution in [3.05, 3.63) is 132 Å². The Morgan fingerprint density at radius 3 is 2.23 bits per heavy atom. The largest absolute Gasteiger partial charge is 0.355 e. The Balaban J connectivity index is 1.25. The van der Waals surface area contributed by atoms with E-state index in [9.17, 15) is 0 Å². The van der Waals surface area contributed by atoms with E-state index in [1.54, 1.807) is 0 Å². The molecule has 0 saturated heterocycles. The van der Waals surface area contributed by atoms with E-state index < -0.39 is 0 Å². The van der Waals surface area contributed by atoms with Crippen molar-refractivity contribution >= 4 is 53.7 Å². The molecule has 0 amide bonds. The minimum Gasteiger partial charge on any atom is -0.355 e. The van der Waals surface area contributed by atoms with Crippen LogP contribution in [0.25, 0.3) is 53.2 Å². The Morgan fingerprint density at radius 1 is 0.564 bits per heavy atom. The van der Waals surface area contributed by atoms with E-state index in [1.807, 2.05) is 11.3 Å². The van der Waals surface area contributed by atoms with Crippen LogP contribution in [0.2, 0.25) is 0 Å². The summed E-state index contributed by atoms with van der Waals surface area (Å²) in [4.78, 5) is 0. The summed E-state index contributed by atoms with van der Waals surface area (Å²) >= 11 is 1.91. The quantitative estimate of drug-likeness (QED) is 0.246. The van der Waals surface area contributed by atoms with Crippen LogP contribution >= 0.6 is 11.3 Å². The summed E-state index contributed by atoms with van der Waals surface area (Å²) in [5, 5.41) is 9.09. The van der Waals surface area contributed by atoms with Crippen molar-refractivity contribution in [1.29, 1.82) is 0 Å². The minimum absolute atomic E-state index is 0.00748. The summed E-state index contributed by atoms with van der Waals surface area (Å²) in [7, 11) is 0. The molecule has 0 radical (unpaired) electrons. The lowest BCUT2D eigenvalue weighted by molar-refractivity contribution is 0.660. The number of nitrogens with one attached hydrogen (secondary N) is 1. The van der Waals surface area contributed by atoms with Crippen molar-refractivity contribution in [2.24, 2.45) is 0 Å². The summed E-state index contributed by atoms with van der Waals surface area (Å²) in [6, 6.07) is 44.3. The highest BCUT2D eigenvalue weighted by atomic mass is 32.1. The zero-order valence-electron chi connectivity index (χ0n) is 22.0. The summed E-state index contributed by atoms with van der Waals surface area (Å²) in [5.41, 5.74) is 10.2. The van der Waals surface area contributed by atoms with Gasteiger partial charge in [0.15, 0.2) is 0 Å². The lowest BCUT2D eigenvalue weighted by Crippen LogP contribution is -2.14. The number of benzene rings is 6. The van der Waals surface area contributed by atoms with Crippen LogP contribution < -0.4 is 5.32 Å². The van der Waals surface area contributed by atoms with E-state index in [4.69, 9.17) is 0 Å². The first-order valence-electron chi connectivity index (χ1n) is 13.5. The third-order valence-corrected chi connectivity index (χ3v) is 9.74. The van der Waals surface area contributed by atoms with Crippen molar-refractivity contribution in [2.45, 2.75) is 19.3 Å². The molecule has 0 bridgehead atoms. The highest BCUT2D eigenvalue weighted by molar-refractivity contribution is 7.27. The fourth-order valence-corrected chi connectivity index (χ4v) is 7.90. The molecule has 0 saturated carbocycles. The van der Waals surface area contributed by atoms with E-state index in [2.05, 4.69) is 140 Å². The number of hydrogen-bond donors (Lipinski definition) is 1. The molecule has 1 aromatic heterocycles. The lowest BCUT2D eigenvalue weighted by Gasteiger charge is -2.21. The molecule has 0 aliphatic heterocycles. The zero-order chi connectivity index (χ0) is 26.1. The Bertz CT molecular complexity index is 2080. The smallest absolute Gasteiger partial charge is 0.0467 e. The highest BCUT2D eigenvalue weighted by Crippen LogP contribution is 2.52. The molecular weight excluding hydrogens is 490 g/mol. The van der Waals surface area contributed by atoms with Crippen LogP contribution in [0, 0.1) is 0 Å². The number of fused-ring (bicyclic) bond motifs is 8. The van der Waals surface area contributed by atoms with E-state index in [0.29, 0.717) is 0 Å². The Kier molecular flexibility index (Phi) is 4.80. The van der Waals surface area contributed by atoms with Gasteiger partial charge in [0.05, 0.1) is 0 Å². The molecule has 0 unspecified atom stereocenters. The van der Waals surface area contributed by atoms with Crippen LogP contribution in [0.3, 0.4) is 0 Å². The molecule has 0 atom stereocenters. The summed E-state index contributed by atoms with van der Waals surface area (Å²) in [6.45, 7) is 4.66. The Hall–Kier alpha value is -4.40. The molecule has 0 spiro atoms. The van der Waals surface area contributed by atoms with Crippen LogP contribution in [0.1, 0.15) is 25.0 Å². The van der Waals surface area contributed by atoms with Gasteiger partial charge in [0, 0.05) is 42.5 Å². The summed E-state index contributed by atoms with van der Waals surface area (Å²) in [5.74, 6) is 0. The zero-order valence-corrected chi connectivity index (χ0v) is 22.8. The highest BCUT2D eigenvalue weighted by Gasteiger charge is 2.36. The molecule has 1 aliphatic carbocycles. The van der Waals surface area contributed by atoms with Gasteiger partial charge < -0.3 is 5.32 Å². The van der Waals surface area contributed by atoms with Gasteiger partial charge in [0.25, 0.3) is 0 Å². The van der Waals surface area contributed by atoms with E-state index >= 15 is 0 Å². The van der Waals surface area contributed by atoms with Gasteiger partial charge in [0.1, 0.15) is 0 Å². The van der Waals surface area contributed by atoms with E-state index in [1.165, 1.54) is 64.3 Å². The third kappa shape index (κ3) is 3.32. The maximum Gasteiger partial charge on any atom is 0.0467 e. The molecule has 39 heavy (non-hydrogen) atoms. The normalized spacial score (nSPS) is 13.6. The fourth-order valence-electron chi connectivity index (χ4n) is 6.53. The molecule has 2 heteroatoms. The SMILES string of the molecule is CC1(C)c2ccccc2-c2c(Nc3cccc(-c4cccc5c4sc4c6ccccc6ccc54)c3)cccc21. The molecule has 1 nitrogen and oxygen atoms in total. The average molecular weight is 518 g/mol. The van der Waals surface area contributed by atoms with Crippen LogP contribution in [0.5, 0.6) is 0 Å². The first-order chi connectivity index (χ1) is 19.1. The van der Waals surface area contributed by atoms with Crippen LogP contribution in [0.15, 0.2) is 121 Å². The van der Waals surface area contributed by atoms with E-state index in [0.717, 1.165) is 11.4 Å². The Morgan fingerprint density at radius 2 is 1.28 bits per heavy atom. The number of hydrogen-bond acceptors (Lipinski definition) is 2. The second-order valence-corrected chi connectivity index (χ2v) is 12.1. The van der Waals surface area contributed by atoms with Crippen molar-refractivity contribution in [3.63, 3.8) is 0 Å². The van der Waals surface area contributed by atoms with Gasteiger partial charge in [-0.05, 0) is 56.8 Å². The third-order valence-electron chi connectivity index (χ3n) is 8.45. The first-order valence-corrected chi connectivity index (χ1v) is 14.3. The van der Waals surface area contributed by atoms with Crippen molar-refractivity contribution in [2.75, 3.05) is 5.32 Å². The average Bonchev–Trinajstić information content (AvgIpc) is 3.47.